The van der Waals surface area contributed by atoms with Gasteiger partial charge < -0.3 is 9.47 Å². The number of thiazole rings is 1. The Labute approximate surface area is 185 Å². The van der Waals surface area contributed by atoms with Crippen LogP contribution in [0.1, 0.15) is 23.6 Å². The van der Waals surface area contributed by atoms with Gasteiger partial charge >= 0.3 is 0 Å². The summed E-state index contributed by atoms with van der Waals surface area (Å²) < 4.78 is 10.8. The molecule has 0 aliphatic carbocycles. The molecule has 0 fully saturated rings. The molecule has 0 bridgehead atoms. The van der Waals surface area contributed by atoms with E-state index in [9.17, 15) is 10.1 Å². The van der Waals surface area contributed by atoms with E-state index >= 15 is 0 Å². The molecule has 0 unspecified atom stereocenters. The van der Waals surface area contributed by atoms with Crippen molar-refractivity contribution < 1.29 is 14.3 Å². The van der Waals surface area contributed by atoms with E-state index < -0.39 is 5.91 Å². The molecule has 31 heavy (non-hydrogen) atoms. The maximum atomic E-state index is 12.6. The number of hydrogen-bond acceptors (Lipinski definition) is 6. The largest absolute Gasteiger partial charge is 0.493 e. The van der Waals surface area contributed by atoms with Crippen LogP contribution in [0.3, 0.4) is 0 Å². The van der Waals surface area contributed by atoms with E-state index in [4.69, 9.17) is 9.47 Å². The first-order chi connectivity index (χ1) is 14.9. The van der Waals surface area contributed by atoms with Crippen molar-refractivity contribution >= 4 is 28.5 Å². The fourth-order valence-electron chi connectivity index (χ4n) is 3.00. The van der Waals surface area contributed by atoms with E-state index in [-0.39, 0.29) is 5.57 Å². The van der Waals surface area contributed by atoms with E-state index in [2.05, 4.69) is 16.4 Å². The molecule has 0 radical (unpaired) electrons. The Balaban J connectivity index is 1.80. The quantitative estimate of drug-likeness (QED) is 0.399. The van der Waals surface area contributed by atoms with Gasteiger partial charge in [0.15, 0.2) is 16.6 Å². The van der Waals surface area contributed by atoms with Crippen LogP contribution >= 0.6 is 11.3 Å². The normalized spacial score (nSPS) is 11.0. The van der Waals surface area contributed by atoms with Crippen molar-refractivity contribution in [3.05, 3.63) is 64.0 Å². The molecule has 0 spiro atoms. The molecule has 1 amide bonds. The van der Waals surface area contributed by atoms with Crippen LogP contribution in [0.4, 0.5) is 5.13 Å². The zero-order valence-electron chi connectivity index (χ0n) is 17.9. The summed E-state index contributed by atoms with van der Waals surface area (Å²) in [7, 11) is 1.54. The molecule has 2 aromatic carbocycles. The first kappa shape index (κ1) is 22.1. The third-order valence-electron chi connectivity index (χ3n) is 4.56. The van der Waals surface area contributed by atoms with Crippen LogP contribution in [0, 0.1) is 25.2 Å². The van der Waals surface area contributed by atoms with Crippen molar-refractivity contribution in [3.63, 3.8) is 0 Å². The average Bonchev–Trinajstić information content (AvgIpc) is 3.22. The van der Waals surface area contributed by atoms with E-state index in [1.165, 1.54) is 17.4 Å². The Hall–Kier alpha value is -3.63. The molecule has 1 heterocycles. The van der Waals surface area contributed by atoms with Gasteiger partial charge in [0.2, 0.25) is 0 Å². The van der Waals surface area contributed by atoms with Crippen LogP contribution in [0.25, 0.3) is 17.3 Å². The summed E-state index contributed by atoms with van der Waals surface area (Å²) in [5, 5.41) is 14.5. The highest BCUT2D eigenvalue weighted by molar-refractivity contribution is 7.14. The van der Waals surface area contributed by atoms with Gasteiger partial charge in [-0.2, -0.15) is 5.26 Å². The number of rotatable bonds is 7. The molecule has 1 N–H and O–H groups in total. The Morgan fingerprint density at radius 3 is 2.74 bits per heavy atom. The fourth-order valence-corrected chi connectivity index (χ4v) is 3.70. The van der Waals surface area contributed by atoms with Crippen molar-refractivity contribution in [1.82, 2.24) is 4.98 Å². The minimum Gasteiger partial charge on any atom is -0.493 e. The van der Waals surface area contributed by atoms with Gasteiger partial charge in [0.05, 0.1) is 19.4 Å². The number of amides is 1. The summed E-state index contributed by atoms with van der Waals surface area (Å²) in [4.78, 5) is 17.2. The summed E-state index contributed by atoms with van der Waals surface area (Å²) in [5.74, 6) is 0.621. The lowest BCUT2D eigenvalue weighted by Crippen LogP contribution is -2.13. The maximum absolute atomic E-state index is 12.6. The number of anilines is 1. The summed E-state index contributed by atoms with van der Waals surface area (Å²) in [6.45, 7) is 6.44. The minimum absolute atomic E-state index is 0.0327. The van der Waals surface area contributed by atoms with Gasteiger partial charge in [-0.25, -0.2) is 4.98 Å². The second-order valence-electron chi connectivity index (χ2n) is 6.82. The van der Waals surface area contributed by atoms with Crippen LogP contribution < -0.4 is 14.8 Å². The number of carbonyl (C=O) groups excluding carboxylic acids is 1. The second-order valence-corrected chi connectivity index (χ2v) is 7.68. The first-order valence-electron chi connectivity index (χ1n) is 9.72. The third-order valence-corrected chi connectivity index (χ3v) is 5.31. The Morgan fingerprint density at radius 2 is 2.03 bits per heavy atom. The highest BCUT2D eigenvalue weighted by Gasteiger charge is 2.14. The molecule has 158 valence electrons. The van der Waals surface area contributed by atoms with Gasteiger partial charge in [0, 0.05) is 10.9 Å². The second kappa shape index (κ2) is 9.92. The molecule has 3 aromatic rings. The number of aryl methyl sites for hydroxylation is 2. The Bertz CT molecular complexity index is 1180. The molecule has 1 aromatic heterocycles. The van der Waals surface area contributed by atoms with Gasteiger partial charge in [-0.05, 0) is 56.2 Å². The minimum atomic E-state index is -0.516. The van der Waals surface area contributed by atoms with E-state index in [0.29, 0.717) is 28.8 Å². The molecule has 6 nitrogen and oxygen atoms in total. The Morgan fingerprint density at radius 1 is 1.23 bits per heavy atom. The number of carbonyl (C=O) groups is 1. The lowest BCUT2D eigenvalue weighted by molar-refractivity contribution is -0.112. The SMILES string of the molecule is CCOc1ccc(/C=C(\C#N)C(=O)Nc2nc(-c3cc(C)ccc3C)cs2)cc1OC. The number of hydrogen-bond donors (Lipinski definition) is 1. The topological polar surface area (TPSA) is 84.2 Å². The highest BCUT2D eigenvalue weighted by Crippen LogP contribution is 2.30. The summed E-state index contributed by atoms with van der Waals surface area (Å²) >= 11 is 1.32. The molecule has 0 saturated carbocycles. The van der Waals surface area contributed by atoms with Gasteiger partial charge in [-0.3, -0.25) is 10.1 Å². The lowest BCUT2D eigenvalue weighted by atomic mass is 10.0. The molecule has 0 aliphatic rings. The van der Waals surface area contributed by atoms with Crippen LogP contribution in [0.2, 0.25) is 0 Å². The summed E-state index contributed by atoms with van der Waals surface area (Å²) in [5.41, 5.74) is 4.68. The van der Waals surface area contributed by atoms with E-state index in [0.717, 1.165) is 22.4 Å². The van der Waals surface area contributed by atoms with E-state index in [1.807, 2.05) is 44.4 Å². The highest BCUT2D eigenvalue weighted by atomic mass is 32.1. The number of aromatic nitrogens is 1. The average molecular weight is 434 g/mol. The number of nitriles is 1. The van der Waals surface area contributed by atoms with Crippen molar-refractivity contribution in [2.24, 2.45) is 0 Å². The number of nitrogens with zero attached hydrogens (tertiary/aromatic N) is 2. The van der Waals surface area contributed by atoms with Crippen LogP contribution in [0.5, 0.6) is 11.5 Å². The molecule has 7 heteroatoms. The number of ether oxygens (including phenoxy) is 2. The van der Waals surface area contributed by atoms with Crippen LogP contribution in [-0.4, -0.2) is 24.6 Å². The molecule has 0 atom stereocenters. The van der Waals surface area contributed by atoms with Crippen LogP contribution in [0.15, 0.2) is 47.4 Å². The monoisotopic (exact) mass is 433 g/mol. The number of benzene rings is 2. The van der Waals surface area contributed by atoms with E-state index in [1.54, 1.807) is 25.3 Å². The molecule has 0 aliphatic heterocycles. The molecular formula is C24H23N3O3S. The van der Waals surface area contributed by atoms with Gasteiger partial charge in [-0.15, -0.1) is 11.3 Å². The summed E-state index contributed by atoms with van der Waals surface area (Å²) in [6, 6.07) is 13.3. The predicted molar refractivity (Wildman–Crippen MR) is 123 cm³/mol. The van der Waals surface area contributed by atoms with Crippen molar-refractivity contribution in [2.45, 2.75) is 20.8 Å². The lowest BCUT2D eigenvalue weighted by Gasteiger charge is -2.09. The third kappa shape index (κ3) is 5.30. The molecule has 0 saturated heterocycles. The molecule has 3 rings (SSSR count). The number of methoxy groups -OCH3 is 1. The predicted octanol–water partition coefficient (Wildman–Crippen LogP) is 5.38. The fraction of sp³-hybridized carbons (Fsp3) is 0.208. The standard InChI is InChI=1S/C24H23N3O3S/c1-5-30-21-9-8-17(12-22(21)29-4)11-18(13-25)23(28)27-24-26-20(14-31-24)19-10-15(2)6-7-16(19)3/h6-12,14H,5H2,1-4H3,(H,26,27,28)/b18-11+. The summed E-state index contributed by atoms with van der Waals surface area (Å²) in [6.07, 6.45) is 1.51. The van der Waals surface area contributed by atoms with Crippen molar-refractivity contribution in [3.8, 4) is 28.8 Å². The maximum Gasteiger partial charge on any atom is 0.268 e. The van der Waals surface area contributed by atoms with Crippen molar-refractivity contribution in [1.29, 1.82) is 5.26 Å². The molecular weight excluding hydrogens is 410 g/mol. The zero-order chi connectivity index (χ0) is 22.4. The number of nitrogens with one attached hydrogen (secondary N) is 1. The zero-order valence-corrected chi connectivity index (χ0v) is 18.7. The van der Waals surface area contributed by atoms with Gasteiger partial charge in [-0.1, -0.05) is 23.8 Å². The first-order valence-corrected chi connectivity index (χ1v) is 10.6. The van der Waals surface area contributed by atoms with Gasteiger partial charge in [0.1, 0.15) is 11.6 Å². The smallest absolute Gasteiger partial charge is 0.268 e. The Kier molecular flexibility index (Phi) is 7.06. The van der Waals surface area contributed by atoms with Crippen LogP contribution in [-0.2, 0) is 4.79 Å². The van der Waals surface area contributed by atoms with Gasteiger partial charge in [0.25, 0.3) is 5.91 Å². The van der Waals surface area contributed by atoms with Crippen molar-refractivity contribution in [2.75, 3.05) is 19.0 Å².